The Labute approximate surface area is 88.7 Å². The van der Waals surface area contributed by atoms with Crippen molar-refractivity contribution in [2.24, 2.45) is 5.92 Å². The maximum Gasteiger partial charge on any atom is 0.213 e. The van der Waals surface area contributed by atoms with Crippen LogP contribution >= 0.6 is 0 Å². The number of pyridine rings is 1. The Morgan fingerprint density at radius 2 is 2.33 bits per heavy atom. The van der Waals surface area contributed by atoms with Gasteiger partial charge in [-0.15, -0.1) is 0 Å². The van der Waals surface area contributed by atoms with Gasteiger partial charge in [0.1, 0.15) is 11.9 Å². The molecule has 1 aliphatic carbocycles. The maximum atomic E-state index is 12.6. The molecular weight excluding hydrogens is 195 g/mol. The van der Waals surface area contributed by atoms with Crippen LogP contribution in [0.1, 0.15) is 12.8 Å². The zero-order valence-electron chi connectivity index (χ0n) is 8.74. The molecule has 1 heterocycles. The molecule has 2 rings (SSSR count). The minimum Gasteiger partial charge on any atom is -0.474 e. The molecule has 1 saturated carbocycles. The highest BCUT2D eigenvalue weighted by Gasteiger charge is 2.30. The first-order valence-electron chi connectivity index (χ1n) is 5.20. The second kappa shape index (κ2) is 4.57. The highest BCUT2D eigenvalue weighted by Crippen LogP contribution is 2.30. The molecular formula is C11H15FN2O. The van der Waals surface area contributed by atoms with E-state index in [0.717, 1.165) is 19.4 Å². The molecule has 0 aliphatic heterocycles. The van der Waals surface area contributed by atoms with Crippen molar-refractivity contribution in [3.05, 3.63) is 24.1 Å². The normalized spacial score (nSPS) is 24.7. The lowest BCUT2D eigenvalue weighted by atomic mass is 9.82. The first-order valence-corrected chi connectivity index (χ1v) is 5.20. The fourth-order valence-electron chi connectivity index (χ4n) is 1.83. The maximum absolute atomic E-state index is 12.6. The molecule has 0 unspecified atom stereocenters. The van der Waals surface area contributed by atoms with Crippen LogP contribution in [0.25, 0.3) is 0 Å². The molecule has 0 bridgehead atoms. The van der Waals surface area contributed by atoms with E-state index in [-0.39, 0.29) is 11.9 Å². The number of aromatic nitrogens is 1. The summed E-state index contributed by atoms with van der Waals surface area (Å²) in [6.45, 7) is 1.04. The average Bonchev–Trinajstić information content (AvgIpc) is 2.18. The highest BCUT2D eigenvalue weighted by molar-refractivity contribution is 5.11. The Morgan fingerprint density at radius 1 is 1.53 bits per heavy atom. The lowest BCUT2D eigenvalue weighted by Gasteiger charge is -2.34. The summed E-state index contributed by atoms with van der Waals surface area (Å²) in [5, 5.41) is 3.14. The van der Waals surface area contributed by atoms with E-state index in [0.29, 0.717) is 11.8 Å². The van der Waals surface area contributed by atoms with E-state index < -0.39 is 0 Å². The van der Waals surface area contributed by atoms with Crippen molar-refractivity contribution in [1.82, 2.24) is 10.3 Å². The largest absolute Gasteiger partial charge is 0.474 e. The molecule has 3 nitrogen and oxygen atoms in total. The highest BCUT2D eigenvalue weighted by atomic mass is 19.1. The Balaban J connectivity index is 1.77. The van der Waals surface area contributed by atoms with Crippen LogP contribution < -0.4 is 10.1 Å². The van der Waals surface area contributed by atoms with Gasteiger partial charge in [-0.3, -0.25) is 0 Å². The van der Waals surface area contributed by atoms with Gasteiger partial charge in [-0.05, 0) is 38.4 Å². The third-order valence-corrected chi connectivity index (χ3v) is 2.67. The number of nitrogens with zero attached hydrogens (tertiary/aromatic N) is 1. The summed E-state index contributed by atoms with van der Waals surface area (Å²) in [6.07, 6.45) is 3.54. The number of ether oxygens (including phenoxy) is 1. The number of rotatable bonds is 4. The van der Waals surface area contributed by atoms with Gasteiger partial charge in [-0.2, -0.15) is 0 Å². The molecule has 15 heavy (non-hydrogen) atoms. The standard InChI is InChI=1S/C11H15FN2O/c1-13-6-8-4-10(5-8)15-11-3-2-9(12)7-14-11/h2-3,7-8,10,13H,4-6H2,1H3. The van der Waals surface area contributed by atoms with Crippen molar-refractivity contribution in [1.29, 1.82) is 0 Å². The van der Waals surface area contributed by atoms with Gasteiger partial charge in [-0.1, -0.05) is 0 Å². The predicted molar refractivity (Wildman–Crippen MR) is 55.3 cm³/mol. The van der Waals surface area contributed by atoms with E-state index in [1.807, 2.05) is 7.05 Å². The Bertz CT molecular complexity index is 309. The van der Waals surface area contributed by atoms with Gasteiger partial charge in [0.05, 0.1) is 6.20 Å². The van der Waals surface area contributed by atoms with Crippen molar-refractivity contribution in [3.8, 4) is 5.88 Å². The molecule has 1 aliphatic rings. The van der Waals surface area contributed by atoms with E-state index in [1.54, 1.807) is 6.07 Å². The van der Waals surface area contributed by atoms with E-state index in [4.69, 9.17) is 4.74 Å². The number of hydrogen-bond donors (Lipinski definition) is 1. The van der Waals surface area contributed by atoms with Gasteiger partial charge in [0.25, 0.3) is 0 Å². The van der Waals surface area contributed by atoms with E-state index in [2.05, 4.69) is 10.3 Å². The second-order valence-electron chi connectivity index (χ2n) is 3.95. The fourth-order valence-corrected chi connectivity index (χ4v) is 1.83. The van der Waals surface area contributed by atoms with E-state index in [9.17, 15) is 4.39 Å². The summed E-state index contributed by atoms with van der Waals surface area (Å²) in [7, 11) is 1.95. The number of nitrogens with one attached hydrogen (secondary N) is 1. The smallest absolute Gasteiger partial charge is 0.213 e. The molecule has 0 saturated heterocycles. The quantitative estimate of drug-likeness (QED) is 0.819. The monoisotopic (exact) mass is 210 g/mol. The number of hydrogen-bond acceptors (Lipinski definition) is 3. The molecule has 0 amide bonds. The first kappa shape index (κ1) is 10.4. The van der Waals surface area contributed by atoms with E-state index in [1.165, 1.54) is 12.3 Å². The first-order chi connectivity index (χ1) is 7.28. The minimum absolute atomic E-state index is 0.251. The third-order valence-electron chi connectivity index (χ3n) is 2.67. The molecule has 82 valence electrons. The van der Waals surface area contributed by atoms with Crippen molar-refractivity contribution in [3.63, 3.8) is 0 Å². The van der Waals surface area contributed by atoms with Crippen molar-refractivity contribution in [2.75, 3.05) is 13.6 Å². The zero-order chi connectivity index (χ0) is 10.7. The van der Waals surface area contributed by atoms with Crippen LogP contribution in [0.15, 0.2) is 18.3 Å². The van der Waals surface area contributed by atoms with Crippen LogP contribution in [-0.2, 0) is 0 Å². The summed E-state index contributed by atoms with van der Waals surface area (Å²) < 4.78 is 18.1. The minimum atomic E-state index is -0.330. The molecule has 0 atom stereocenters. The van der Waals surface area contributed by atoms with Crippen LogP contribution in [0.4, 0.5) is 4.39 Å². The molecule has 0 spiro atoms. The van der Waals surface area contributed by atoms with Gasteiger partial charge in [0, 0.05) is 6.07 Å². The third kappa shape index (κ3) is 2.65. The average molecular weight is 210 g/mol. The fraction of sp³-hybridized carbons (Fsp3) is 0.545. The Kier molecular flexibility index (Phi) is 3.16. The molecule has 1 fully saturated rings. The predicted octanol–water partition coefficient (Wildman–Crippen LogP) is 1.60. The van der Waals surface area contributed by atoms with Crippen LogP contribution in [0.5, 0.6) is 5.88 Å². The van der Waals surface area contributed by atoms with E-state index >= 15 is 0 Å². The SMILES string of the molecule is CNCC1CC(Oc2ccc(F)cn2)C1. The molecule has 1 aromatic heterocycles. The van der Waals surface area contributed by atoms with Crippen molar-refractivity contribution < 1.29 is 9.13 Å². The Hall–Kier alpha value is -1.16. The van der Waals surface area contributed by atoms with Gasteiger partial charge >= 0.3 is 0 Å². The summed E-state index contributed by atoms with van der Waals surface area (Å²) in [4.78, 5) is 3.86. The lowest BCUT2D eigenvalue weighted by molar-refractivity contribution is 0.0615. The lowest BCUT2D eigenvalue weighted by Crippen LogP contribution is -2.38. The van der Waals surface area contributed by atoms with Gasteiger partial charge in [0.2, 0.25) is 5.88 Å². The molecule has 0 aromatic carbocycles. The van der Waals surface area contributed by atoms with Crippen LogP contribution in [0.3, 0.4) is 0 Å². The van der Waals surface area contributed by atoms with Crippen LogP contribution in [0, 0.1) is 11.7 Å². The van der Waals surface area contributed by atoms with Gasteiger partial charge in [-0.25, -0.2) is 9.37 Å². The summed E-state index contributed by atoms with van der Waals surface area (Å²) >= 11 is 0. The molecule has 0 radical (unpaired) electrons. The Morgan fingerprint density at radius 3 is 2.93 bits per heavy atom. The topological polar surface area (TPSA) is 34.1 Å². The van der Waals surface area contributed by atoms with Gasteiger partial charge < -0.3 is 10.1 Å². The second-order valence-corrected chi connectivity index (χ2v) is 3.95. The molecule has 1 N–H and O–H groups in total. The zero-order valence-corrected chi connectivity index (χ0v) is 8.74. The summed E-state index contributed by atoms with van der Waals surface area (Å²) in [5.74, 6) is 0.897. The van der Waals surface area contributed by atoms with Crippen LogP contribution in [0.2, 0.25) is 0 Å². The number of halogens is 1. The molecule has 1 aromatic rings. The van der Waals surface area contributed by atoms with Crippen molar-refractivity contribution in [2.45, 2.75) is 18.9 Å². The molecule has 4 heteroatoms. The van der Waals surface area contributed by atoms with Crippen LogP contribution in [-0.4, -0.2) is 24.7 Å². The summed E-state index contributed by atoms with van der Waals surface area (Å²) in [5.41, 5.74) is 0. The summed E-state index contributed by atoms with van der Waals surface area (Å²) in [6, 6.07) is 2.94. The van der Waals surface area contributed by atoms with Crippen molar-refractivity contribution >= 4 is 0 Å². The van der Waals surface area contributed by atoms with Gasteiger partial charge in [0.15, 0.2) is 0 Å².